The average Bonchev–Trinajstić information content (AvgIpc) is 2.49. The lowest BCUT2D eigenvalue weighted by molar-refractivity contribution is -0.377. The molecule has 0 aliphatic heterocycles. The monoisotopic (exact) mass is 236 g/mol. The molecule has 2 nitrogen and oxygen atoms in total. The number of alkyl halides is 7. The summed E-state index contributed by atoms with van der Waals surface area (Å²) in [7, 11) is 0. The molecule has 15 heavy (non-hydrogen) atoms. The second-order valence-corrected chi connectivity index (χ2v) is 2.59. The first-order chi connectivity index (χ1) is 6.61. The van der Waals surface area contributed by atoms with Crippen molar-refractivity contribution in [2.24, 2.45) is 0 Å². The van der Waals surface area contributed by atoms with Gasteiger partial charge in [-0.15, -0.1) is 0 Å². The van der Waals surface area contributed by atoms with Gasteiger partial charge in [-0.1, -0.05) is 0 Å². The summed E-state index contributed by atoms with van der Waals surface area (Å²) in [6, 6.07) is 0. The van der Waals surface area contributed by atoms with E-state index in [1.54, 1.807) is 0 Å². The molecule has 0 radical (unpaired) electrons. The smallest absolute Gasteiger partial charge is 0.289 e. The quantitative estimate of drug-likeness (QED) is 0.685. The summed E-state index contributed by atoms with van der Waals surface area (Å²) >= 11 is 0. The Morgan fingerprint density at radius 3 is 1.60 bits per heavy atom. The van der Waals surface area contributed by atoms with Crippen LogP contribution in [-0.4, -0.2) is 21.9 Å². The molecule has 0 aliphatic carbocycles. The molecule has 86 valence electrons. The molecule has 0 atom stereocenters. The number of hydrogen-bond acceptors (Lipinski definition) is 1. The lowest BCUT2D eigenvalue weighted by atomic mass is 10.2. The second-order valence-electron chi connectivity index (χ2n) is 2.59. The van der Waals surface area contributed by atoms with Gasteiger partial charge in [-0.3, -0.25) is 4.57 Å². The van der Waals surface area contributed by atoms with Gasteiger partial charge in [0.15, 0.2) is 0 Å². The van der Waals surface area contributed by atoms with Crippen LogP contribution >= 0.6 is 0 Å². The second kappa shape index (κ2) is 3.11. The fourth-order valence-electron chi connectivity index (χ4n) is 0.895. The summed E-state index contributed by atoms with van der Waals surface area (Å²) in [4.78, 5) is 2.94. The van der Waals surface area contributed by atoms with Crippen molar-refractivity contribution in [3.05, 3.63) is 18.7 Å². The van der Waals surface area contributed by atoms with Crippen LogP contribution in [-0.2, 0) is 5.79 Å². The van der Waals surface area contributed by atoms with E-state index in [9.17, 15) is 30.7 Å². The van der Waals surface area contributed by atoms with Gasteiger partial charge >= 0.3 is 18.1 Å². The maximum Gasteiger partial charge on any atom is 0.452 e. The molecule has 0 saturated heterocycles. The number of imidazole rings is 1. The molecule has 1 aromatic rings. The van der Waals surface area contributed by atoms with E-state index in [0.717, 1.165) is 0 Å². The molecule has 0 amide bonds. The molecule has 0 bridgehead atoms. The van der Waals surface area contributed by atoms with Crippen molar-refractivity contribution in [3.8, 4) is 0 Å². The molecular formula is C6H3F7N2. The highest BCUT2D eigenvalue weighted by atomic mass is 19.4. The zero-order valence-electron chi connectivity index (χ0n) is 6.77. The van der Waals surface area contributed by atoms with Gasteiger partial charge in [0.1, 0.15) is 0 Å². The molecular weight excluding hydrogens is 233 g/mol. The number of halogens is 7. The summed E-state index contributed by atoms with van der Waals surface area (Å²) in [5.41, 5.74) is 0. The summed E-state index contributed by atoms with van der Waals surface area (Å²) in [6.45, 7) is 0. The van der Waals surface area contributed by atoms with Gasteiger partial charge in [0, 0.05) is 12.4 Å². The van der Waals surface area contributed by atoms with Crippen LogP contribution in [0.3, 0.4) is 0 Å². The van der Waals surface area contributed by atoms with Gasteiger partial charge in [-0.25, -0.2) is 4.98 Å². The molecule has 0 spiro atoms. The zero-order valence-corrected chi connectivity index (χ0v) is 6.77. The van der Waals surface area contributed by atoms with E-state index >= 15 is 0 Å². The Morgan fingerprint density at radius 2 is 1.33 bits per heavy atom. The number of hydrogen-bond donors (Lipinski definition) is 0. The molecule has 9 heteroatoms. The molecule has 0 fully saturated rings. The Labute approximate surface area is 78.3 Å². The van der Waals surface area contributed by atoms with Crippen LogP contribution in [0.25, 0.3) is 0 Å². The van der Waals surface area contributed by atoms with Crippen LogP contribution in [0, 0.1) is 0 Å². The van der Waals surface area contributed by atoms with E-state index < -0.39 is 22.7 Å². The first-order valence-corrected chi connectivity index (χ1v) is 3.41. The largest absolute Gasteiger partial charge is 0.452 e. The normalized spacial score (nSPS) is 14.3. The molecule has 1 rings (SSSR count). The fraction of sp³-hybridized carbons (Fsp3) is 0.500. The third kappa shape index (κ3) is 1.65. The third-order valence-corrected chi connectivity index (χ3v) is 1.61. The molecule has 0 aromatic carbocycles. The summed E-state index contributed by atoms with van der Waals surface area (Å²) in [6.07, 6.45) is -11.2. The van der Waals surface area contributed by atoms with E-state index in [2.05, 4.69) is 4.98 Å². The van der Waals surface area contributed by atoms with Gasteiger partial charge in [-0.2, -0.15) is 30.7 Å². The van der Waals surface area contributed by atoms with Crippen molar-refractivity contribution in [1.82, 2.24) is 9.55 Å². The standard InChI is InChI=1S/C6H3F7N2/c7-4(5(8,9)10,6(11,12)13)15-2-1-14-3-15/h1-3H. The van der Waals surface area contributed by atoms with Crippen LogP contribution in [0.2, 0.25) is 0 Å². The minimum Gasteiger partial charge on any atom is -0.289 e. The van der Waals surface area contributed by atoms with Crippen LogP contribution in [0.1, 0.15) is 0 Å². The van der Waals surface area contributed by atoms with Gasteiger partial charge in [-0.05, 0) is 0 Å². The highest BCUT2D eigenvalue weighted by Gasteiger charge is 2.74. The maximum absolute atomic E-state index is 13.0. The average molecular weight is 236 g/mol. The van der Waals surface area contributed by atoms with Gasteiger partial charge in [0.2, 0.25) is 0 Å². The third-order valence-electron chi connectivity index (χ3n) is 1.61. The highest BCUT2D eigenvalue weighted by molar-refractivity contribution is 4.94. The minimum absolute atomic E-state index is 0.112. The molecule has 0 saturated carbocycles. The maximum atomic E-state index is 13.0. The number of aromatic nitrogens is 2. The first kappa shape index (κ1) is 11.8. The topological polar surface area (TPSA) is 17.8 Å². The lowest BCUT2D eigenvalue weighted by Gasteiger charge is -2.30. The van der Waals surface area contributed by atoms with E-state index in [-0.39, 0.29) is 12.5 Å². The SMILES string of the molecule is FC(F)(F)C(F)(n1ccnc1)C(F)(F)F. The minimum atomic E-state index is -6.11. The Hall–Kier alpha value is -1.28. The molecule has 0 aliphatic rings. The van der Waals surface area contributed by atoms with Crippen molar-refractivity contribution >= 4 is 0 Å². The van der Waals surface area contributed by atoms with E-state index in [1.165, 1.54) is 0 Å². The Balaban J connectivity index is 3.33. The van der Waals surface area contributed by atoms with E-state index in [0.29, 0.717) is 6.20 Å². The molecule has 0 N–H and O–H groups in total. The van der Waals surface area contributed by atoms with Gasteiger partial charge < -0.3 is 0 Å². The van der Waals surface area contributed by atoms with Crippen LogP contribution < -0.4 is 0 Å². The Bertz CT molecular complexity index is 308. The Kier molecular flexibility index (Phi) is 2.44. The Morgan fingerprint density at radius 1 is 0.867 bits per heavy atom. The van der Waals surface area contributed by atoms with Crippen molar-refractivity contribution in [1.29, 1.82) is 0 Å². The van der Waals surface area contributed by atoms with Crippen molar-refractivity contribution in [3.63, 3.8) is 0 Å². The highest BCUT2D eigenvalue weighted by Crippen LogP contribution is 2.49. The number of rotatable bonds is 1. The molecule has 1 aromatic heterocycles. The lowest BCUT2D eigenvalue weighted by Crippen LogP contribution is -2.54. The van der Waals surface area contributed by atoms with Gasteiger partial charge in [0.25, 0.3) is 0 Å². The summed E-state index contributed by atoms with van der Waals surface area (Å²) in [5, 5.41) is 0. The van der Waals surface area contributed by atoms with Crippen LogP contribution in [0.4, 0.5) is 30.7 Å². The van der Waals surface area contributed by atoms with E-state index in [4.69, 9.17) is 0 Å². The number of nitrogens with zero attached hydrogens (tertiary/aromatic N) is 2. The van der Waals surface area contributed by atoms with E-state index in [1.807, 2.05) is 0 Å². The van der Waals surface area contributed by atoms with Crippen molar-refractivity contribution < 1.29 is 30.7 Å². The summed E-state index contributed by atoms with van der Waals surface area (Å²) < 4.78 is 84.5. The van der Waals surface area contributed by atoms with Crippen LogP contribution in [0.15, 0.2) is 18.7 Å². The zero-order chi connectivity index (χ0) is 11.9. The molecule has 0 unspecified atom stereocenters. The first-order valence-electron chi connectivity index (χ1n) is 3.41. The predicted octanol–water partition coefficient (Wildman–Crippen LogP) is 2.63. The fourth-order valence-corrected chi connectivity index (χ4v) is 0.895. The van der Waals surface area contributed by atoms with Crippen molar-refractivity contribution in [2.75, 3.05) is 0 Å². The molecule has 1 heterocycles. The van der Waals surface area contributed by atoms with Crippen molar-refractivity contribution in [2.45, 2.75) is 18.1 Å². The van der Waals surface area contributed by atoms with Crippen LogP contribution in [0.5, 0.6) is 0 Å². The van der Waals surface area contributed by atoms with Gasteiger partial charge in [0.05, 0.1) is 6.33 Å². The predicted molar refractivity (Wildman–Crippen MR) is 33.4 cm³/mol. The summed E-state index contributed by atoms with van der Waals surface area (Å²) in [5.74, 6) is -5.45.